The van der Waals surface area contributed by atoms with Gasteiger partial charge in [0.05, 0.1) is 0 Å². The number of benzene rings is 1. The lowest BCUT2D eigenvalue weighted by Gasteiger charge is -2.28. The Hall–Kier alpha value is -2.43. The lowest BCUT2D eigenvalue weighted by molar-refractivity contribution is 0.0948. The van der Waals surface area contributed by atoms with Crippen LogP contribution in [0.15, 0.2) is 36.4 Å². The molecule has 1 amide bonds. The number of hydrogen-bond acceptors (Lipinski definition) is 4. The van der Waals surface area contributed by atoms with Gasteiger partial charge in [-0.25, -0.2) is 9.97 Å². The first-order valence-corrected chi connectivity index (χ1v) is 8.75. The zero-order valence-electron chi connectivity index (χ0n) is 14.2. The van der Waals surface area contributed by atoms with Crippen LogP contribution in [0.2, 0.25) is 0 Å². The number of nitrogens with zero attached hydrogens (tertiary/aromatic N) is 3. The predicted octanol–water partition coefficient (Wildman–Crippen LogP) is 3.27. The van der Waals surface area contributed by atoms with Crippen LogP contribution >= 0.6 is 0 Å². The second-order valence-electron chi connectivity index (χ2n) is 6.10. The molecule has 2 heterocycles. The average molecular weight is 324 g/mol. The molecule has 1 aliphatic heterocycles. The van der Waals surface area contributed by atoms with Gasteiger partial charge in [-0.05, 0) is 25.7 Å². The van der Waals surface area contributed by atoms with Gasteiger partial charge in [0, 0.05) is 31.3 Å². The van der Waals surface area contributed by atoms with Crippen LogP contribution in [0, 0.1) is 0 Å². The van der Waals surface area contributed by atoms with E-state index in [0.29, 0.717) is 18.1 Å². The van der Waals surface area contributed by atoms with Crippen LogP contribution in [0.25, 0.3) is 11.4 Å². The molecule has 0 saturated carbocycles. The van der Waals surface area contributed by atoms with E-state index in [4.69, 9.17) is 4.98 Å². The van der Waals surface area contributed by atoms with E-state index in [2.05, 4.69) is 15.2 Å². The van der Waals surface area contributed by atoms with E-state index in [1.165, 1.54) is 19.3 Å². The Kier molecular flexibility index (Phi) is 5.41. The van der Waals surface area contributed by atoms with Crippen LogP contribution in [0.1, 0.15) is 43.1 Å². The van der Waals surface area contributed by atoms with E-state index in [0.717, 1.165) is 30.9 Å². The van der Waals surface area contributed by atoms with Crippen LogP contribution in [0.3, 0.4) is 0 Å². The van der Waals surface area contributed by atoms with E-state index in [1.807, 2.05) is 43.3 Å². The maximum Gasteiger partial charge on any atom is 0.270 e. The van der Waals surface area contributed by atoms with Crippen molar-refractivity contribution in [1.29, 1.82) is 0 Å². The molecule has 0 radical (unpaired) electrons. The fourth-order valence-corrected chi connectivity index (χ4v) is 2.88. The highest BCUT2D eigenvalue weighted by Crippen LogP contribution is 2.22. The summed E-state index contributed by atoms with van der Waals surface area (Å²) in [5.74, 6) is 1.33. The van der Waals surface area contributed by atoms with Gasteiger partial charge in [-0.3, -0.25) is 4.79 Å². The van der Waals surface area contributed by atoms with Crippen molar-refractivity contribution in [1.82, 2.24) is 15.3 Å². The predicted molar refractivity (Wildman–Crippen MR) is 96.2 cm³/mol. The van der Waals surface area contributed by atoms with Gasteiger partial charge in [0.1, 0.15) is 11.5 Å². The number of carbonyl (C=O) groups is 1. The minimum absolute atomic E-state index is 0.130. The second-order valence-corrected chi connectivity index (χ2v) is 6.10. The molecule has 1 N–H and O–H groups in total. The molecule has 1 saturated heterocycles. The third-order valence-electron chi connectivity index (χ3n) is 4.19. The number of anilines is 1. The summed E-state index contributed by atoms with van der Waals surface area (Å²) in [5, 5.41) is 2.91. The Morgan fingerprint density at radius 1 is 1.12 bits per heavy atom. The first kappa shape index (κ1) is 16.4. The van der Waals surface area contributed by atoms with E-state index in [1.54, 1.807) is 0 Å². The Balaban J connectivity index is 1.97. The molecule has 0 spiro atoms. The van der Waals surface area contributed by atoms with Crippen molar-refractivity contribution in [3.05, 3.63) is 42.1 Å². The summed E-state index contributed by atoms with van der Waals surface area (Å²) in [7, 11) is 0. The molecular weight excluding hydrogens is 300 g/mol. The molecule has 126 valence electrons. The van der Waals surface area contributed by atoms with Gasteiger partial charge in [-0.1, -0.05) is 37.3 Å². The van der Waals surface area contributed by atoms with Crippen LogP contribution in [0.5, 0.6) is 0 Å². The summed E-state index contributed by atoms with van der Waals surface area (Å²) in [6, 6.07) is 11.7. The highest BCUT2D eigenvalue weighted by Gasteiger charge is 2.18. The SMILES string of the molecule is CCCNC(=O)c1cc(N2CCCCC2)nc(-c2ccccc2)n1. The summed E-state index contributed by atoms with van der Waals surface area (Å²) >= 11 is 0. The molecule has 0 aliphatic carbocycles. The largest absolute Gasteiger partial charge is 0.356 e. The third kappa shape index (κ3) is 3.91. The van der Waals surface area contributed by atoms with E-state index >= 15 is 0 Å². The number of rotatable bonds is 5. The van der Waals surface area contributed by atoms with Crippen molar-refractivity contribution >= 4 is 11.7 Å². The van der Waals surface area contributed by atoms with E-state index < -0.39 is 0 Å². The molecular formula is C19H24N4O. The zero-order chi connectivity index (χ0) is 16.8. The highest BCUT2D eigenvalue weighted by molar-refractivity contribution is 5.93. The monoisotopic (exact) mass is 324 g/mol. The molecule has 24 heavy (non-hydrogen) atoms. The van der Waals surface area contributed by atoms with Crippen molar-refractivity contribution in [2.45, 2.75) is 32.6 Å². The Morgan fingerprint density at radius 2 is 1.88 bits per heavy atom. The van der Waals surface area contributed by atoms with Crippen molar-refractivity contribution in [2.75, 3.05) is 24.5 Å². The molecule has 2 aromatic rings. The second kappa shape index (κ2) is 7.90. The summed E-state index contributed by atoms with van der Waals surface area (Å²) in [6.07, 6.45) is 4.50. The molecule has 3 rings (SSSR count). The van der Waals surface area contributed by atoms with Crippen LogP contribution in [-0.4, -0.2) is 35.5 Å². The normalized spacial score (nSPS) is 14.5. The van der Waals surface area contributed by atoms with Crippen LogP contribution in [0.4, 0.5) is 5.82 Å². The average Bonchev–Trinajstić information content (AvgIpc) is 2.67. The van der Waals surface area contributed by atoms with Gasteiger partial charge >= 0.3 is 0 Å². The molecule has 0 bridgehead atoms. The first-order chi connectivity index (χ1) is 11.8. The lowest BCUT2D eigenvalue weighted by atomic mass is 10.1. The minimum Gasteiger partial charge on any atom is -0.356 e. The topological polar surface area (TPSA) is 58.1 Å². The van der Waals surface area contributed by atoms with Gasteiger partial charge in [0.2, 0.25) is 0 Å². The number of piperidine rings is 1. The van der Waals surface area contributed by atoms with Crippen molar-refractivity contribution in [2.24, 2.45) is 0 Å². The fraction of sp³-hybridized carbons (Fsp3) is 0.421. The van der Waals surface area contributed by atoms with Crippen LogP contribution in [-0.2, 0) is 0 Å². The van der Waals surface area contributed by atoms with Gasteiger partial charge in [-0.15, -0.1) is 0 Å². The summed E-state index contributed by atoms with van der Waals surface area (Å²) < 4.78 is 0. The van der Waals surface area contributed by atoms with Gasteiger partial charge in [-0.2, -0.15) is 0 Å². The molecule has 0 unspecified atom stereocenters. The first-order valence-electron chi connectivity index (χ1n) is 8.75. The summed E-state index contributed by atoms with van der Waals surface area (Å²) in [4.78, 5) is 23.9. The molecule has 1 fully saturated rings. The molecule has 1 aliphatic rings. The molecule has 5 nitrogen and oxygen atoms in total. The summed E-state index contributed by atoms with van der Waals surface area (Å²) in [6.45, 7) is 4.67. The number of amides is 1. The maximum atomic E-state index is 12.4. The van der Waals surface area contributed by atoms with Crippen molar-refractivity contribution in [3.63, 3.8) is 0 Å². The Bertz CT molecular complexity index is 681. The van der Waals surface area contributed by atoms with Crippen molar-refractivity contribution < 1.29 is 4.79 Å². The highest BCUT2D eigenvalue weighted by atomic mass is 16.1. The number of carbonyl (C=O) groups excluding carboxylic acids is 1. The fourth-order valence-electron chi connectivity index (χ4n) is 2.88. The summed E-state index contributed by atoms with van der Waals surface area (Å²) in [5.41, 5.74) is 1.37. The lowest BCUT2D eigenvalue weighted by Crippen LogP contribution is -2.31. The Labute approximate surface area is 143 Å². The molecule has 1 aromatic carbocycles. The zero-order valence-corrected chi connectivity index (χ0v) is 14.2. The molecule has 0 atom stereocenters. The number of hydrogen-bond donors (Lipinski definition) is 1. The third-order valence-corrected chi connectivity index (χ3v) is 4.19. The molecule has 5 heteroatoms. The minimum atomic E-state index is -0.130. The number of aromatic nitrogens is 2. The van der Waals surface area contributed by atoms with Gasteiger partial charge < -0.3 is 10.2 Å². The maximum absolute atomic E-state index is 12.4. The van der Waals surface area contributed by atoms with Gasteiger partial charge in [0.15, 0.2) is 5.82 Å². The van der Waals surface area contributed by atoms with Gasteiger partial charge in [0.25, 0.3) is 5.91 Å². The van der Waals surface area contributed by atoms with Crippen LogP contribution < -0.4 is 10.2 Å². The van der Waals surface area contributed by atoms with E-state index in [-0.39, 0.29) is 5.91 Å². The smallest absolute Gasteiger partial charge is 0.270 e. The quantitative estimate of drug-likeness (QED) is 0.917. The number of nitrogens with one attached hydrogen (secondary N) is 1. The van der Waals surface area contributed by atoms with Crippen molar-refractivity contribution in [3.8, 4) is 11.4 Å². The van der Waals surface area contributed by atoms with E-state index in [9.17, 15) is 4.79 Å². The standard InChI is InChI=1S/C19H24N4O/c1-2-11-20-19(24)16-14-17(23-12-7-4-8-13-23)22-18(21-16)15-9-5-3-6-10-15/h3,5-6,9-10,14H,2,4,7-8,11-13H2,1H3,(H,20,24). The molecule has 1 aromatic heterocycles. The Morgan fingerprint density at radius 3 is 2.58 bits per heavy atom.